The van der Waals surface area contributed by atoms with Gasteiger partial charge in [0.15, 0.2) is 0 Å². The molecule has 0 spiro atoms. The molecule has 2 heteroatoms. The number of aryl methyl sites for hydroxylation is 1. The lowest BCUT2D eigenvalue weighted by atomic mass is 10.1. The average molecular weight is 266 g/mol. The summed E-state index contributed by atoms with van der Waals surface area (Å²) in [7, 11) is 0. The maximum Gasteiger partial charge on any atom is 0.0403 e. The Bertz CT molecular complexity index is 554. The molecule has 1 heterocycles. The first-order chi connectivity index (χ1) is 9.83. The second kappa shape index (κ2) is 6.00. The topological polar surface area (TPSA) is 15.3 Å². The van der Waals surface area contributed by atoms with Crippen LogP contribution >= 0.6 is 0 Å². The lowest BCUT2D eigenvalue weighted by molar-refractivity contribution is 0.949. The van der Waals surface area contributed by atoms with Crippen molar-refractivity contribution in [2.24, 2.45) is 0 Å². The number of nitrogens with one attached hydrogen (secondary N) is 1. The van der Waals surface area contributed by atoms with E-state index in [1.807, 2.05) is 0 Å². The van der Waals surface area contributed by atoms with Crippen molar-refractivity contribution in [3.8, 4) is 0 Å². The van der Waals surface area contributed by atoms with Crippen molar-refractivity contribution >= 4 is 11.4 Å². The summed E-state index contributed by atoms with van der Waals surface area (Å²) < 4.78 is 0. The third-order valence-corrected chi connectivity index (χ3v) is 4.08. The van der Waals surface area contributed by atoms with Crippen molar-refractivity contribution < 1.29 is 0 Å². The maximum atomic E-state index is 3.50. The Kier molecular flexibility index (Phi) is 3.91. The standard InChI is InChI=1S/C18H22N2/c1-15-6-2-3-7-16(15)14-19-17-8-10-18(11-9-17)20-12-4-5-13-20/h2-3,6-11,19H,4-5,12-14H2,1H3. The normalized spacial score (nSPS) is 14.6. The van der Waals surface area contributed by atoms with Gasteiger partial charge >= 0.3 is 0 Å². The first-order valence-electron chi connectivity index (χ1n) is 7.46. The van der Waals surface area contributed by atoms with Gasteiger partial charge in [0.2, 0.25) is 0 Å². The Morgan fingerprint density at radius 1 is 0.950 bits per heavy atom. The molecule has 1 aliphatic heterocycles. The van der Waals surface area contributed by atoms with Gasteiger partial charge in [0.25, 0.3) is 0 Å². The molecular weight excluding hydrogens is 244 g/mol. The van der Waals surface area contributed by atoms with Crippen LogP contribution in [0.3, 0.4) is 0 Å². The minimum Gasteiger partial charge on any atom is -0.381 e. The molecule has 3 rings (SSSR count). The summed E-state index contributed by atoms with van der Waals surface area (Å²) in [5, 5.41) is 3.50. The summed E-state index contributed by atoms with van der Waals surface area (Å²) in [5.74, 6) is 0. The van der Waals surface area contributed by atoms with Gasteiger partial charge in [-0.1, -0.05) is 24.3 Å². The van der Waals surface area contributed by atoms with Gasteiger partial charge in [0.1, 0.15) is 0 Å². The van der Waals surface area contributed by atoms with Gasteiger partial charge in [0, 0.05) is 31.0 Å². The first-order valence-corrected chi connectivity index (χ1v) is 7.46. The van der Waals surface area contributed by atoms with Crippen molar-refractivity contribution in [1.82, 2.24) is 0 Å². The molecular formula is C18H22N2. The third-order valence-electron chi connectivity index (χ3n) is 4.08. The predicted octanol–water partition coefficient (Wildman–Crippen LogP) is 4.21. The molecule has 20 heavy (non-hydrogen) atoms. The van der Waals surface area contributed by atoms with Gasteiger partial charge < -0.3 is 10.2 Å². The summed E-state index contributed by atoms with van der Waals surface area (Å²) in [6, 6.07) is 17.4. The molecule has 104 valence electrons. The molecule has 0 unspecified atom stereocenters. The number of anilines is 2. The van der Waals surface area contributed by atoms with E-state index >= 15 is 0 Å². The molecule has 0 radical (unpaired) electrons. The fraction of sp³-hybridized carbons (Fsp3) is 0.333. The molecule has 0 bridgehead atoms. The summed E-state index contributed by atoms with van der Waals surface area (Å²) in [6.45, 7) is 5.45. The van der Waals surface area contributed by atoms with Crippen LogP contribution in [-0.4, -0.2) is 13.1 Å². The maximum absolute atomic E-state index is 3.50. The summed E-state index contributed by atoms with van der Waals surface area (Å²) in [6.07, 6.45) is 2.65. The van der Waals surface area contributed by atoms with Crippen molar-refractivity contribution in [3.05, 3.63) is 59.7 Å². The van der Waals surface area contributed by atoms with Crippen LogP contribution in [0.5, 0.6) is 0 Å². The molecule has 2 nitrogen and oxygen atoms in total. The second-order valence-corrected chi connectivity index (χ2v) is 5.52. The smallest absolute Gasteiger partial charge is 0.0403 e. The van der Waals surface area contributed by atoms with Crippen LogP contribution in [0, 0.1) is 6.92 Å². The Morgan fingerprint density at radius 2 is 1.65 bits per heavy atom. The summed E-state index contributed by atoms with van der Waals surface area (Å²) in [4.78, 5) is 2.46. The highest BCUT2D eigenvalue weighted by atomic mass is 15.1. The Labute approximate surface area is 121 Å². The molecule has 2 aromatic carbocycles. The molecule has 1 aliphatic rings. The molecule has 0 aliphatic carbocycles. The van der Waals surface area contributed by atoms with Gasteiger partial charge in [-0.2, -0.15) is 0 Å². The molecule has 0 atom stereocenters. The molecule has 0 saturated carbocycles. The van der Waals surface area contributed by atoms with E-state index in [2.05, 4.69) is 65.7 Å². The molecule has 1 fully saturated rings. The van der Waals surface area contributed by atoms with Crippen molar-refractivity contribution in [2.45, 2.75) is 26.3 Å². The van der Waals surface area contributed by atoms with Crippen molar-refractivity contribution in [1.29, 1.82) is 0 Å². The summed E-state index contributed by atoms with van der Waals surface area (Å²) >= 11 is 0. The SMILES string of the molecule is Cc1ccccc1CNc1ccc(N2CCCC2)cc1. The number of benzene rings is 2. The molecule has 1 N–H and O–H groups in total. The van der Waals surface area contributed by atoms with E-state index < -0.39 is 0 Å². The summed E-state index contributed by atoms with van der Waals surface area (Å²) in [5.41, 5.74) is 5.24. The van der Waals surface area contributed by atoms with Crippen LogP contribution in [0.15, 0.2) is 48.5 Å². The number of hydrogen-bond acceptors (Lipinski definition) is 2. The van der Waals surface area contributed by atoms with Crippen LogP contribution in [0.25, 0.3) is 0 Å². The van der Waals surface area contributed by atoms with Crippen molar-refractivity contribution in [2.75, 3.05) is 23.3 Å². The Hall–Kier alpha value is -1.96. The highest BCUT2D eigenvalue weighted by Crippen LogP contribution is 2.22. The third kappa shape index (κ3) is 2.96. The van der Waals surface area contributed by atoms with E-state index in [0.717, 1.165) is 6.54 Å². The van der Waals surface area contributed by atoms with Crippen molar-refractivity contribution in [3.63, 3.8) is 0 Å². The van der Waals surface area contributed by atoms with Crippen LogP contribution < -0.4 is 10.2 Å². The highest BCUT2D eigenvalue weighted by Gasteiger charge is 2.11. The van der Waals surface area contributed by atoms with Gasteiger partial charge in [0.05, 0.1) is 0 Å². The quantitative estimate of drug-likeness (QED) is 0.892. The molecule has 2 aromatic rings. The fourth-order valence-corrected chi connectivity index (χ4v) is 2.77. The zero-order valence-corrected chi connectivity index (χ0v) is 12.1. The number of nitrogens with zero attached hydrogens (tertiary/aromatic N) is 1. The fourth-order valence-electron chi connectivity index (χ4n) is 2.77. The second-order valence-electron chi connectivity index (χ2n) is 5.52. The zero-order valence-electron chi connectivity index (χ0n) is 12.1. The van der Waals surface area contributed by atoms with Crippen LogP contribution in [0.1, 0.15) is 24.0 Å². The molecule has 1 saturated heterocycles. The minimum absolute atomic E-state index is 0.885. The van der Waals surface area contributed by atoms with E-state index in [4.69, 9.17) is 0 Å². The molecule has 0 amide bonds. The Morgan fingerprint density at radius 3 is 2.35 bits per heavy atom. The van der Waals surface area contributed by atoms with E-state index in [1.165, 1.54) is 48.4 Å². The Balaban J connectivity index is 1.62. The zero-order chi connectivity index (χ0) is 13.8. The van der Waals surface area contributed by atoms with Gasteiger partial charge in [-0.25, -0.2) is 0 Å². The molecule has 0 aromatic heterocycles. The monoisotopic (exact) mass is 266 g/mol. The van der Waals surface area contributed by atoms with Gasteiger partial charge in [-0.05, 0) is 55.2 Å². The van der Waals surface area contributed by atoms with E-state index in [1.54, 1.807) is 0 Å². The average Bonchev–Trinajstić information content (AvgIpc) is 3.01. The van der Waals surface area contributed by atoms with Crippen LogP contribution in [-0.2, 0) is 6.54 Å². The number of hydrogen-bond donors (Lipinski definition) is 1. The largest absolute Gasteiger partial charge is 0.381 e. The first kappa shape index (κ1) is 13.0. The number of rotatable bonds is 4. The predicted molar refractivity (Wildman–Crippen MR) is 86.4 cm³/mol. The van der Waals surface area contributed by atoms with E-state index in [0.29, 0.717) is 0 Å². The van der Waals surface area contributed by atoms with E-state index in [-0.39, 0.29) is 0 Å². The van der Waals surface area contributed by atoms with Gasteiger partial charge in [-0.15, -0.1) is 0 Å². The highest BCUT2D eigenvalue weighted by molar-refractivity contribution is 5.55. The lowest BCUT2D eigenvalue weighted by Gasteiger charge is -2.18. The van der Waals surface area contributed by atoms with Crippen LogP contribution in [0.2, 0.25) is 0 Å². The van der Waals surface area contributed by atoms with E-state index in [9.17, 15) is 0 Å². The minimum atomic E-state index is 0.885. The lowest BCUT2D eigenvalue weighted by Crippen LogP contribution is -2.17. The van der Waals surface area contributed by atoms with Crippen LogP contribution in [0.4, 0.5) is 11.4 Å². The van der Waals surface area contributed by atoms with Gasteiger partial charge in [-0.3, -0.25) is 0 Å².